The fourth-order valence-corrected chi connectivity index (χ4v) is 2.69. The Morgan fingerprint density at radius 2 is 1.85 bits per heavy atom. The standard InChI is InChI=1S/C20H24BrN3O2/c1-13(14-5-8-16(22)9-6-14)23-24-19(25)12-26-18-10-7-15(11-17(18)21)20(2,3)4/h5-11H,12,22H2,1-4H3,(H,24,25). The molecular formula is C20H24BrN3O2. The molecule has 0 aliphatic rings. The maximum absolute atomic E-state index is 12.0. The van der Waals surface area contributed by atoms with Gasteiger partial charge in [0.1, 0.15) is 5.75 Å². The van der Waals surface area contributed by atoms with Crippen molar-refractivity contribution in [3.63, 3.8) is 0 Å². The van der Waals surface area contributed by atoms with Crippen molar-refractivity contribution in [2.24, 2.45) is 5.10 Å². The number of nitrogens with two attached hydrogens (primary N) is 1. The van der Waals surface area contributed by atoms with E-state index in [-0.39, 0.29) is 17.9 Å². The van der Waals surface area contributed by atoms with Crippen molar-refractivity contribution >= 4 is 33.2 Å². The molecule has 1 amide bonds. The van der Waals surface area contributed by atoms with Crippen LogP contribution in [0.1, 0.15) is 38.8 Å². The van der Waals surface area contributed by atoms with Crippen molar-refractivity contribution in [3.05, 3.63) is 58.1 Å². The number of ether oxygens (including phenoxy) is 1. The van der Waals surface area contributed by atoms with Crippen LogP contribution in [-0.2, 0) is 10.2 Å². The van der Waals surface area contributed by atoms with Crippen LogP contribution in [0.5, 0.6) is 5.75 Å². The predicted octanol–water partition coefficient (Wildman–Crippen LogP) is 4.25. The summed E-state index contributed by atoms with van der Waals surface area (Å²) in [6.07, 6.45) is 0. The fraction of sp³-hybridized carbons (Fsp3) is 0.300. The Labute approximate surface area is 162 Å². The molecule has 3 N–H and O–H groups in total. The number of nitrogens with one attached hydrogen (secondary N) is 1. The number of carbonyl (C=O) groups excluding carboxylic acids is 1. The first kappa shape index (κ1) is 20.0. The topological polar surface area (TPSA) is 76.7 Å². The Morgan fingerprint density at radius 1 is 1.19 bits per heavy atom. The Morgan fingerprint density at radius 3 is 2.42 bits per heavy atom. The average Bonchev–Trinajstić information content (AvgIpc) is 2.58. The van der Waals surface area contributed by atoms with Gasteiger partial charge >= 0.3 is 0 Å². The molecule has 2 aromatic carbocycles. The van der Waals surface area contributed by atoms with Gasteiger partial charge in [-0.25, -0.2) is 5.43 Å². The molecule has 0 saturated heterocycles. The van der Waals surface area contributed by atoms with E-state index < -0.39 is 0 Å². The van der Waals surface area contributed by atoms with E-state index in [4.69, 9.17) is 10.5 Å². The van der Waals surface area contributed by atoms with Gasteiger partial charge < -0.3 is 10.5 Å². The number of hydrogen-bond acceptors (Lipinski definition) is 4. The number of halogens is 1. The van der Waals surface area contributed by atoms with Crippen molar-refractivity contribution < 1.29 is 9.53 Å². The van der Waals surface area contributed by atoms with Gasteiger partial charge in [0.2, 0.25) is 0 Å². The van der Waals surface area contributed by atoms with Gasteiger partial charge in [0, 0.05) is 5.69 Å². The van der Waals surface area contributed by atoms with Crippen LogP contribution in [0.25, 0.3) is 0 Å². The molecule has 5 nitrogen and oxygen atoms in total. The molecule has 0 aliphatic heterocycles. The summed E-state index contributed by atoms with van der Waals surface area (Å²) >= 11 is 3.49. The molecule has 0 aromatic heterocycles. The minimum atomic E-state index is -0.327. The normalized spacial score (nSPS) is 12.0. The van der Waals surface area contributed by atoms with Crippen LogP contribution in [0.15, 0.2) is 52.0 Å². The zero-order valence-corrected chi connectivity index (χ0v) is 17.1. The van der Waals surface area contributed by atoms with Crippen LogP contribution in [0.2, 0.25) is 0 Å². The molecule has 0 bridgehead atoms. The molecule has 0 radical (unpaired) electrons. The second-order valence-corrected chi connectivity index (χ2v) is 7.89. The number of hydrazone groups is 1. The van der Waals surface area contributed by atoms with Crippen LogP contribution in [0.3, 0.4) is 0 Å². The van der Waals surface area contributed by atoms with Crippen molar-refractivity contribution in [2.45, 2.75) is 33.1 Å². The Balaban J connectivity index is 1.92. The number of anilines is 1. The van der Waals surface area contributed by atoms with E-state index in [1.807, 2.05) is 37.3 Å². The molecule has 0 spiro atoms. The van der Waals surface area contributed by atoms with Gasteiger partial charge in [-0.05, 0) is 63.7 Å². The lowest BCUT2D eigenvalue weighted by Gasteiger charge is -2.20. The highest BCUT2D eigenvalue weighted by Crippen LogP contribution is 2.31. The number of rotatable bonds is 5. The molecule has 2 aromatic rings. The van der Waals surface area contributed by atoms with Gasteiger partial charge in [0.05, 0.1) is 10.2 Å². The molecule has 0 unspecified atom stereocenters. The van der Waals surface area contributed by atoms with E-state index in [1.54, 1.807) is 12.1 Å². The fourth-order valence-electron chi connectivity index (χ4n) is 2.20. The van der Waals surface area contributed by atoms with Gasteiger partial charge in [-0.3, -0.25) is 4.79 Å². The van der Waals surface area contributed by atoms with Gasteiger partial charge in [-0.2, -0.15) is 5.10 Å². The Bertz CT molecular complexity index is 809. The first-order valence-corrected chi connectivity index (χ1v) is 9.08. The molecule has 26 heavy (non-hydrogen) atoms. The molecule has 2 rings (SSSR count). The highest BCUT2D eigenvalue weighted by Gasteiger charge is 2.15. The van der Waals surface area contributed by atoms with E-state index in [0.717, 1.165) is 10.0 Å². The molecule has 6 heteroatoms. The van der Waals surface area contributed by atoms with Crippen molar-refractivity contribution in [3.8, 4) is 5.75 Å². The maximum Gasteiger partial charge on any atom is 0.277 e. The molecular weight excluding hydrogens is 394 g/mol. The summed E-state index contributed by atoms with van der Waals surface area (Å²) in [5.74, 6) is 0.291. The summed E-state index contributed by atoms with van der Waals surface area (Å²) in [6, 6.07) is 13.2. The predicted molar refractivity (Wildman–Crippen MR) is 110 cm³/mol. The third-order valence-corrected chi connectivity index (χ3v) is 4.45. The molecule has 0 saturated carbocycles. The highest BCUT2D eigenvalue weighted by atomic mass is 79.9. The Hall–Kier alpha value is -2.34. The monoisotopic (exact) mass is 417 g/mol. The third-order valence-electron chi connectivity index (χ3n) is 3.83. The summed E-state index contributed by atoms with van der Waals surface area (Å²) < 4.78 is 6.39. The number of amides is 1. The average molecular weight is 418 g/mol. The second kappa shape index (κ2) is 8.36. The van der Waals surface area contributed by atoms with Crippen molar-refractivity contribution in [1.29, 1.82) is 0 Å². The summed E-state index contributed by atoms with van der Waals surface area (Å²) in [4.78, 5) is 12.0. The molecule has 138 valence electrons. The van der Waals surface area contributed by atoms with Crippen LogP contribution in [0.4, 0.5) is 5.69 Å². The number of nitrogens with zero attached hydrogens (tertiary/aromatic N) is 1. The lowest BCUT2D eigenvalue weighted by molar-refractivity contribution is -0.123. The smallest absolute Gasteiger partial charge is 0.277 e. The van der Waals surface area contributed by atoms with E-state index >= 15 is 0 Å². The van der Waals surface area contributed by atoms with E-state index in [2.05, 4.69) is 47.2 Å². The largest absolute Gasteiger partial charge is 0.483 e. The van der Waals surface area contributed by atoms with Crippen LogP contribution >= 0.6 is 15.9 Å². The number of hydrogen-bond donors (Lipinski definition) is 2. The zero-order chi connectivity index (χ0) is 19.3. The number of nitrogen functional groups attached to an aromatic ring is 1. The summed E-state index contributed by atoms with van der Waals surface area (Å²) in [5, 5.41) is 4.09. The van der Waals surface area contributed by atoms with Gasteiger partial charge in [0.25, 0.3) is 5.91 Å². The zero-order valence-electron chi connectivity index (χ0n) is 15.5. The van der Waals surface area contributed by atoms with Gasteiger partial charge in [-0.15, -0.1) is 0 Å². The molecule has 0 atom stereocenters. The lowest BCUT2D eigenvalue weighted by Crippen LogP contribution is -2.25. The molecule has 0 fully saturated rings. The first-order valence-electron chi connectivity index (χ1n) is 8.28. The van der Waals surface area contributed by atoms with Crippen LogP contribution < -0.4 is 15.9 Å². The number of benzene rings is 2. The Kier molecular flexibility index (Phi) is 6.42. The number of carbonyl (C=O) groups is 1. The third kappa shape index (κ3) is 5.59. The van der Waals surface area contributed by atoms with E-state index in [1.165, 1.54) is 5.56 Å². The first-order chi connectivity index (χ1) is 12.2. The van der Waals surface area contributed by atoms with Crippen molar-refractivity contribution in [2.75, 3.05) is 12.3 Å². The quantitative estimate of drug-likeness (QED) is 0.433. The van der Waals surface area contributed by atoms with Gasteiger partial charge in [0.15, 0.2) is 6.61 Å². The SMILES string of the molecule is CC(=NNC(=O)COc1ccc(C(C)(C)C)cc1Br)c1ccc(N)cc1. The van der Waals surface area contributed by atoms with E-state index in [0.29, 0.717) is 17.1 Å². The second-order valence-electron chi connectivity index (χ2n) is 7.04. The lowest BCUT2D eigenvalue weighted by atomic mass is 9.87. The summed E-state index contributed by atoms with van der Waals surface area (Å²) in [5.41, 5.74) is 11.7. The summed E-state index contributed by atoms with van der Waals surface area (Å²) in [7, 11) is 0. The highest BCUT2D eigenvalue weighted by molar-refractivity contribution is 9.10. The molecule has 0 heterocycles. The van der Waals surface area contributed by atoms with Crippen LogP contribution in [0, 0.1) is 0 Å². The van der Waals surface area contributed by atoms with Gasteiger partial charge in [-0.1, -0.05) is 39.0 Å². The van der Waals surface area contributed by atoms with Crippen LogP contribution in [-0.4, -0.2) is 18.2 Å². The van der Waals surface area contributed by atoms with E-state index in [9.17, 15) is 4.79 Å². The summed E-state index contributed by atoms with van der Waals surface area (Å²) in [6.45, 7) is 8.12. The van der Waals surface area contributed by atoms with Crippen molar-refractivity contribution in [1.82, 2.24) is 5.43 Å². The molecule has 0 aliphatic carbocycles. The minimum Gasteiger partial charge on any atom is -0.483 e. The maximum atomic E-state index is 12.0. The minimum absolute atomic E-state index is 0.0484.